The Morgan fingerprint density at radius 1 is 1.23 bits per heavy atom. The number of rotatable bonds is 8. The summed E-state index contributed by atoms with van der Waals surface area (Å²) >= 11 is 0. The van der Waals surface area contributed by atoms with Gasteiger partial charge in [-0.1, -0.05) is 30.3 Å². The second-order valence-electron chi connectivity index (χ2n) is 4.57. The lowest BCUT2D eigenvalue weighted by molar-refractivity contribution is -0.160. The highest BCUT2D eigenvalue weighted by molar-refractivity contribution is 5.84. The maximum atomic E-state index is 12.2. The van der Waals surface area contributed by atoms with E-state index in [1.54, 1.807) is 5.32 Å². The second-order valence-corrected chi connectivity index (χ2v) is 4.57. The van der Waals surface area contributed by atoms with E-state index in [4.69, 9.17) is 9.84 Å². The van der Waals surface area contributed by atoms with E-state index in [-0.39, 0.29) is 6.61 Å². The molecule has 0 saturated carbocycles. The molecule has 22 heavy (non-hydrogen) atoms. The fourth-order valence-electron chi connectivity index (χ4n) is 1.67. The van der Waals surface area contributed by atoms with Crippen LogP contribution in [0, 0.1) is 0 Å². The molecule has 1 atom stereocenters. The molecule has 0 saturated heterocycles. The Morgan fingerprint density at radius 2 is 1.86 bits per heavy atom. The number of alkyl halides is 3. The van der Waals surface area contributed by atoms with Crippen LogP contribution in [-0.2, 0) is 20.7 Å². The van der Waals surface area contributed by atoms with E-state index >= 15 is 0 Å². The van der Waals surface area contributed by atoms with Crippen LogP contribution in [0.5, 0.6) is 0 Å². The highest BCUT2D eigenvalue weighted by Gasteiger charge is 2.36. The zero-order chi connectivity index (χ0) is 16.6. The summed E-state index contributed by atoms with van der Waals surface area (Å²) in [4.78, 5) is 22.1. The zero-order valence-electron chi connectivity index (χ0n) is 11.6. The van der Waals surface area contributed by atoms with Gasteiger partial charge in [0.1, 0.15) is 12.6 Å². The molecule has 0 heterocycles. The number of hydrogen-bond donors (Lipinski definition) is 2. The van der Waals surface area contributed by atoms with Crippen molar-refractivity contribution in [2.24, 2.45) is 0 Å². The predicted molar refractivity (Wildman–Crippen MR) is 71.2 cm³/mol. The first-order chi connectivity index (χ1) is 10.3. The quantitative estimate of drug-likeness (QED) is 0.716. The fraction of sp³-hybridized carbons (Fsp3) is 0.429. The summed E-state index contributed by atoms with van der Waals surface area (Å²) in [5.74, 6) is -2.64. The summed E-state index contributed by atoms with van der Waals surface area (Å²) in [6.45, 7) is -0.289. The third-order valence-corrected chi connectivity index (χ3v) is 2.68. The Morgan fingerprint density at radius 3 is 2.41 bits per heavy atom. The number of aliphatic carboxylic acids is 1. The maximum Gasteiger partial charge on any atom is 0.391 e. The third-order valence-electron chi connectivity index (χ3n) is 2.68. The first-order valence-corrected chi connectivity index (χ1v) is 6.48. The van der Waals surface area contributed by atoms with Gasteiger partial charge in [0, 0.05) is 0 Å². The van der Waals surface area contributed by atoms with Gasteiger partial charge in [0.2, 0.25) is 5.91 Å². The lowest BCUT2D eigenvalue weighted by Gasteiger charge is -2.16. The van der Waals surface area contributed by atoms with Crippen LogP contribution in [0.25, 0.3) is 0 Å². The Bertz CT molecular complexity index is 491. The van der Waals surface area contributed by atoms with Crippen molar-refractivity contribution < 1.29 is 32.6 Å². The van der Waals surface area contributed by atoms with Crippen molar-refractivity contribution in [3.05, 3.63) is 35.9 Å². The van der Waals surface area contributed by atoms with Gasteiger partial charge in [-0.2, -0.15) is 13.2 Å². The van der Waals surface area contributed by atoms with Gasteiger partial charge in [-0.25, -0.2) is 4.79 Å². The number of nitrogens with one attached hydrogen (secondary N) is 1. The van der Waals surface area contributed by atoms with Crippen LogP contribution in [0.1, 0.15) is 12.0 Å². The molecule has 1 unspecified atom stereocenters. The van der Waals surface area contributed by atoms with Gasteiger partial charge >= 0.3 is 12.1 Å². The van der Waals surface area contributed by atoms with Crippen molar-refractivity contribution in [2.75, 3.05) is 13.2 Å². The second kappa shape index (κ2) is 8.38. The molecule has 0 aliphatic carbocycles. The molecule has 0 aliphatic heterocycles. The number of carbonyl (C=O) groups excluding carboxylic acids is 1. The van der Waals surface area contributed by atoms with Crippen molar-refractivity contribution in [1.82, 2.24) is 5.32 Å². The summed E-state index contributed by atoms with van der Waals surface area (Å²) in [5, 5.41) is 10.4. The average molecular weight is 319 g/mol. The van der Waals surface area contributed by atoms with Crippen LogP contribution in [0.15, 0.2) is 30.3 Å². The largest absolute Gasteiger partial charge is 0.480 e. The zero-order valence-corrected chi connectivity index (χ0v) is 11.6. The molecule has 1 aromatic rings. The predicted octanol–water partition coefficient (Wildman–Crippen LogP) is 1.77. The minimum atomic E-state index is -4.68. The topological polar surface area (TPSA) is 75.6 Å². The minimum absolute atomic E-state index is 0.203. The summed E-state index contributed by atoms with van der Waals surface area (Å²) < 4.78 is 41.5. The summed E-state index contributed by atoms with van der Waals surface area (Å²) in [7, 11) is 0. The first kappa shape index (κ1) is 18.0. The van der Waals surface area contributed by atoms with Gasteiger partial charge in [0.25, 0.3) is 0 Å². The lowest BCUT2D eigenvalue weighted by Crippen LogP contribution is -2.45. The van der Waals surface area contributed by atoms with Crippen LogP contribution in [0.4, 0.5) is 13.2 Å². The SMILES string of the molecule is O=C(COCCc1ccccc1)NC(CC(F)(F)F)C(=O)O. The molecule has 1 rings (SSSR count). The molecule has 1 amide bonds. The number of carboxylic acids is 1. The summed E-state index contributed by atoms with van der Waals surface area (Å²) in [6, 6.07) is 7.27. The molecule has 122 valence electrons. The average Bonchev–Trinajstić information content (AvgIpc) is 2.42. The number of carboxylic acid groups (broad SMARTS) is 1. The molecule has 8 heteroatoms. The fourth-order valence-corrected chi connectivity index (χ4v) is 1.67. The lowest BCUT2D eigenvalue weighted by atomic mass is 10.2. The Labute approximate surface area is 125 Å². The van der Waals surface area contributed by atoms with Gasteiger partial charge in [-0.15, -0.1) is 0 Å². The molecule has 0 aromatic heterocycles. The smallest absolute Gasteiger partial charge is 0.391 e. The molecule has 0 radical (unpaired) electrons. The molecule has 2 N–H and O–H groups in total. The van der Waals surface area contributed by atoms with Crippen LogP contribution < -0.4 is 5.32 Å². The van der Waals surface area contributed by atoms with Gasteiger partial charge in [-0.3, -0.25) is 4.79 Å². The van der Waals surface area contributed by atoms with Crippen LogP contribution in [0.2, 0.25) is 0 Å². The molecule has 5 nitrogen and oxygen atoms in total. The normalized spacial score (nSPS) is 12.7. The van der Waals surface area contributed by atoms with Crippen molar-refractivity contribution in [2.45, 2.75) is 25.1 Å². The highest BCUT2D eigenvalue weighted by atomic mass is 19.4. The van der Waals surface area contributed by atoms with Crippen molar-refractivity contribution in [1.29, 1.82) is 0 Å². The molecular weight excluding hydrogens is 303 g/mol. The standard InChI is InChI=1S/C14H16F3NO4/c15-14(16,17)8-11(13(20)21)18-12(19)9-22-7-6-10-4-2-1-3-5-10/h1-5,11H,6-9H2,(H,18,19)(H,20,21). The number of ether oxygens (including phenoxy) is 1. The molecule has 0 spiro atoms. The maximum absolute atomic E-state index is 12.2. The number of halogens is 3. The molecular formula is C14H16F3NO4. The summed E-state index contributed by atoms with van der Waals surface area (Å²) in [5.41, 5.74) is 0.989. The molecule has 1 aromatic carbocycles. The van der Waals surface area contributed by atoms with Crippen molar-refractivity contribution in [3.63, 3.8) is 0 Å². The van der Waals surface area contributed by atoms with Crippen LogP contribution in [-0.4, -0.2) is 42.4 Å². The van der Waals surface area contributed by atoms with E-state index in [9.17, 15) is 22.8 Å². The number of carbonyl (C=O) groups is 2. The Kier molecular flexibility index (Phi) is 6.84. The van der Waals surface area contributed by atoms with Gasteiger partial charge in [0.15, 0.2) is 0 Å². The number of hydrogen-bond acceptors (Lipinski definition) is 3. The highest BCUT2D eigenvalue weighted by Crippen LogP contribution is 2.21. The Hall–Kier alpha value is -2.09. The molecule has 0 aliphatic rings. The van der Waals surface area contributed by atoms with Crippen LogP contribution in [0.3, 0.4) is 0 Å². The molecule has 0 fully saturated rings. The summed E-state index contributed by atoms with van der Waals surface area (Å²) in [6.07, 6.45) is -5.76. The number of amides is 1. The van der Waals surface area contributed by atoms with Crippen molar-refractivity contribution in [3.8, 4) is 0 Å². The van der Waals surface area contributed by atoms with E-state index in [0.717, 1.165) is 5.56 Å². The Balaban J connectivity index is 2.30. The van der Waals surface area contributed by atoms with E-state index < -0.39 is 37.1 Å². The van der Waals surface area contributed by atoms with E-state index in [2.05, 4.69) is 0 Å². The van der Waals surface area contributed by atoms with Crippen LogP contribution >= 0.6 is 0 Å². The van der Waals surface area contributed by atoms with E-state index in [0.29, 0.717) is 6.42 Å². The number of benzene rings is 1. The van der Waals surface area contributed by atoms with Gasteiger partial charge in [0.05, 0.1) is 13.0 Å². The van der Waals surface area contributed by atoms with Crippen molar-refractivity contribution >= 4 is 11.9 Å². The third kappa shape index (κ3) is 7.63. The van der Waals surface area contributed by atoms with E-state index in [1.165, 1.54) is 0 Å². The van der Waals surface area contributed by atoms with Gasteiger partial charge < -0.3 is 15.2 Å². The van der Waals surface area contributed by atoms with E-state index in [1.807, 2.05) is 30.3 Å². The minimum Gasteiger partial charge on any atom is -0.480 e. The van der Waals surface area contributed by atoms with Gasteiger partial charge in [-0.05, 0) is 12.0 Å². The monoisotopic (exact) mass is 319 g/mol. The molecule has 0 bridgehead atoms. The first-order valence-electron chi connectivity index (χ1n) is 6.48.